The first kappa shape index (κ1) is 24.9. The van der Waals surface area contributed by atoms with Crippen LogP contribution in [-0.2, 0) is 0 Å². The van der Waals surface area contributed by atoms with Crippen LogP contribution in [0.25, 0.3) is 93.3 Å². The van der Waals surface area contributed by atoms with Gasteiger partial charge in [-0.3, -0.25) is 4.40 Å². The summed E-state index contributed by atoms with van der Waals surface area (Å²) >= 11 is 0. The first-order valence-electron chi connectivity index (χ1n) is 16.1. The fourth-order valence-electron chi connectivity index (χ4n) is 8.07. The maximum Gasteiger partial charge on any atom is 0.146 e. The molecule has 4 nitrogen and oxygen atoms in total. The van der Waals surface area contributed by atoms with Gasteiger partial charge < -0.3 is 9.13 Å². The molecule has 11 rings (SSSR count). The zero-order valence-electron chi connectivity index (χ0n) is 25.3. The van der Waals surface area contributed by atoms with Crippen molar-refractivity contribution in [3.8, 4) is 11.4 Å². The number of para-hydroxylation sites is 5. The van der Waals surface area contributed by atoms with E-state index in [-0.39, 0.29) is 0 Å². The van der Waals surface area contributed by atoms with Gasteiger partial charge in [0.25, 0.3) is 0 Å². The van der Waals surface area contributed by atoms with E-state index in [9.17, 15) is 0 Å². The third-order valence-electron chi connectivity index (χ3n) is 9.98. The molecule has 0 spiro atoms. The second-order valence-electron chi connectivity index (χ2n) is 12.4. The van der Waals surface area contributed by atoms with Crippen molar-refractivity contribution in [3.63, 3.8) is 0 Å². The Morgan fingerprint density at radius 3 is 1.51 bits per heavy atom. The first-order valence-corrected chi connectivity index (χ1v) is 16.1. The Hall–Kier alpha value is -6.39. The highest BCUT2D eigenvalue weighted by atomic mass is 15.1. The summed E-state index contributed by atoms with van der Waals surface area (Å²) < 4.78 is 7.25. The molecule has 0 unspecified atom stereocenters. The number of imidazole rings is 1. The van der Waals surface area contributed by atoms with Gasteiger partial charge in [-0.25, -0.2) is 4.98 Å². The van der Waals surface area contributed by atoms with Crippen LogP contribution in [-0.4, -0.2) is 18.5 Å². The molecule has 218 valence electrons. The van der Waals surface area contributed by atoms with Gasteiger partial charge in [0.15, 0.2) is 0 Å². The predicted molar refractivity (Wildman–Crippen MR) is 196 cm³/mol. The highest BCUT2D eigenvalue weighted by molar-refractivity contribution is 6.24. The molecule has 7 aromatic carbocycles. The molecular weight excluding hydrogens is 573 g/mol. The molecule has 4 heterocycles. The lowest BCUT2D eigenvalue weighted by Crippen LogP contribution is -2.00. The Morgan fingerprint density at radius 1 is 0.340 bits per heavy atom. The lowest BCUT2D eigenvalue weighted by atomic mass is 10.0. The predicted octanol–water partition coefficient (Wildman–Crippen LogP) is 11.0. The summed E-state index contributed by atoms with van der Waals surface area (Å²) in [5.74, 6) is 0. The Balaban J connectivity index is 1.33. The van der Waals surface area contributed by atoms with Crippen LogP contribution in [0.3, 0.4) is 0 Å². The molecule has 11 aromatic rings. The monoisotopic (exact) mass is 598 g/mol. The number of hydrogen-bond acceptors (Lipinski definition) is 1. The van der Waals surface area contributed by atoms with Crippen molar-refractivity contribution in [3.05, 3.63) is 158 Å². The van der Waals surface area contributed by atoms with Gasteiger partial charge in [-0.2, -0.15) is 0 Å². The summed E-state index contributed by atoms with van der Waals surface area (Å²) in [5, 5.41) is 8.57. The number of pyridine rings is 1. The molecule has 4 heteroatoms. The maximum atomic E-state index is 5.21. The molecule has 0 saturated heterocycles. The van der Waals surface area contributed by atoms with Crippen LogP contribution in [0.5, 0.6) is 0 Å². The minimum atomic E-state index is 0.984. The van der Waals surface area contributed by atoms with Crippen molar-refractivity contribution in [2.75, 3.05) is 0 Å². The second kappa shape index (κ2) is 9.09. The Bertz CT molecular complexity index is 3030. The van der Waals surface area contributed by atoms with Crippen LogP contribution in [0.1, 0.15) is 0 Å². The summed E-state index contributed by atoms with van der Waals surface area (Å²) in [5.41, 5.74) is 11.3. The minimum Gasteiger partial charge on any atom is -0.309 e. The van der Waals surface area contributed by atoms with E-state index >= 15 is 0 Å². The van der Waals surface area contributed by atoms with Gasteiger partial charge in [0, 0.05) is 43.7 Å². The topological polar surface area (TPSA) is 27.2 Å². The molecule has 0 saturated carbocycles. The van der Waals surface area contributed by atoms with Gasteiger partial charge in [0.1, 0.15) is 5.65 Å². The largest absolute Gasteiger partial charge is 0.309 e. The summed E-state index contributed by atoms with van der Waals surface area (Å²) in [6.45, 7) is 0. The van der Waals surface area contributed by atoms with E-state index in [0.717, 1.165) is 33.4 Å². The number of hydrogen-bond donors (Lipinski definition) is 0. The smallest absolute Gasteiger partial charge is 0.146 e. The van der Waals surface area contributed by atoms with Crippen LogP contribution in [0, 0.1) is 0 Å². The van der Waals surface area contributed by atoms with Crippen molar-refractivity contribution in [2.45, 2.75) is 0 Å². The molecule has 0 fully saturated rings. The average Bonchev–Trinajstić information content (AvgIpc) is 3.80. The van der Waals surface area contributed by atoms with E-state index in [1.165, 1.54) is 59.9 Å². The molecule has 0 atom stereocenters. The van der Waals surface area contributed by atoms with E-state index in [1.54, 1.807) is 0 Å². The number of benzene rings is 7. The summed E-state index contributed by atoms with van der Waals surface area (Å²) in [7, 11) is 0. The van der Waals surface area contributed by atoms with E-state index in [2.05, 4.69) is 171 Å². The van der Waals surface area contributed by atoms with Crippen molar-refractivity contribution >= 4 is 82.0 Å². The summed E-state index contributed by atoms with van der Waals surface area (Å²) in [6.07, 6.45) is 0. The normalized spacial score (nSPS) is 12.3. The molecule has 0 N–H and O–H groups in total. The average molecular weight is 599 g/mol. The van der Waals surface area contributed by atoms with Crippen molar-refractivity contribution in [1.29, 1.82) is 0 Å². The maximum absolute atomic E-state index is 5.21. The van der Waals surface area contributed by atoms with Gasteiger partial charge >= 0.3 is 0 Å². The molecule has 0 aliphatic rings. The highest BCUT2D eigenvalue weighted by Gasteiger charge is 2.21. The van der Waals surface area contributed by atoms with Gasteiger partial charge in [-0.05, 0) is 53.9 Å². The van der Waals surface area contributed by atoms with Gasteiger partial charge in [0.05, 0.1) is 38.6 Å². The molecule has 0 amide bonds. The van der Waals surface area contributed by atoms with Crippen molar-refractivity contribution < 1.29 is 0 Å². The van der Waals surface area contributed by atoms with Gasteiger partial charge in [-0.15, -0.1) is 0 Å². The third-order valence-corrected chi connectivity index (χ3v) is 9.98. The lowest BCUT2D eigenvalue weighted by Gasteiger charge is -2.15. The zero-order chi connectivity index (χ0) is 30.6. The highest BCUT2D eigenvalue weighted by Crippen LogP contribution is 2.41. The molecule has 0 aliphatic heterocycles. The minimum absolute atomic E-state index is 0.984. The quantitative estimate of drug-likeness (QED) is 0.182. The summed E-state index contributed by atoms with van der Waals surface area (Å²) in [6, 6.07) is 57.0. The van der Waals surface area contributed by atoms with Crippen LogP contribution in [0.15, 0.2) is 158 Å². The molecule has 0 aliphatic carbocycles. The van der Waals surface area contributed by atoms with E-state index < -0.39 is 0 Å². The number of rotatable bonds is 2. The summed E-state index contributed by atoms with van der Waals surface area (Å²) in [4.78, 5) is 5.21. The van der Waals surface area contributed by atoms with Crippen LogP contribution < -0.4 is 0 Å². The molecule has 0 bridgehead atoms. The van der Waals surface area contributed by atoms with E-state index in [4.69, 9.17) is 4.98 Å². The Labute approximate surface area is 268 Å². The Morgan fingerprint density at radius 2 is 0.830 bits per heavy atom. The van der Waals surface area contributed by atoms with E-state index in [0.29, 0.717) is 0 Å². The van der Waals surface area contributed by atoms with Crippen molar-refractivity contribution in [2.24, 2.45) is 0 Å². The van der Waals surface area contributed by atoms with Gasteiger partial charge in [-0.1, -0.05) is 109 Å². The van der Waals surface area contributed by atoms with Crippen LogP contribution in [0.4, 0.5) is 0 Å². The Kier molecular flexibility index (Phi) is 4.81. The lowest BCUT2D eigenvalue weighted by molar-refractivity contribution is 1.13. The number of fused-ring (bicyclic) bond motifs is 15. The number of nitrogens with zero attached hydrogens (tertiary/aromatic N) is 4. The first-order chi connectivity index (χ1) is 23.3. The molecule has 47 heavy (non-hydrogen) atoms. The second-order valence-corrected chi connectivity index (χ2v) is 12.4. The van der Waals surface area contributed by atoms with E-state index in [1.807, 2.05) is 0 Å². The molecular formula is C43H26N4. The standard InChI is InChI=1S/C43H26N4/c1-2-18-35-29(14-1)33-24-25-34-32-17-5-9-22-39(32)46(41(34)42(33)47-40-23-10-6-19-36(40)44-43(35)47)28-13-11-12-27(26-28)45-37-20-7-3-15-30(37)31-16-4-8-21-38(31)45/h1-26H. The fraction of sp³-hybridized carbons (Fsp3) is 0. The SMILES string of the molecule is c1cc(-n2c3ccccc3c3ccccc32)cc(-n2c3ccccc3c3ccc4c5ccccc5c5nc6ccccc6n5c4c32)c1. The molecule has 4 aromatic heterocycles. The fourth-order valence-corrected chi connectivity index (χ4v) is 8.07. The van der Waals surface area contributed by atoms with Crippen molar-refractivity contribution in [1.82, 2.24) is 18.5 Å². The van der Waals surface area contributed by atoms with Crippen LogP contribution in [0.2, 0.25) is 0 Å². The van der Waals surface area contributed by atoms with Crippen LogP contribution >= 0.6 is 0 Å². The third kappa shape index (κ3) is 3.23. The number of aromatic nitrogens is 4. The molecule has 0 radical (unpaired) electrons. The van der Waals surface area contributed by atoms with Gasteiger partial charge in [0.2, 0.25) is 0 Å². The zero-order valence-corrected chi connectivity index (χ0v) is 25.3.